The molecule has 216 valence electrons. The van der Waals surface area contributed by atoms with E-state index in [1.54, 1.807) is 0 Å². The standard InChI is InChI=1S/C26H40F4N4O4/c1-25(2,26(28,29)30)15-22(35)33-21(24(36)37)11-14-34(17-20(16-27)38-3)13-5-4-8-19-10-9-18-7-6-12-31-23(18)32-19/h9-10,20-21H,4-8,11-17H2,1-3H3,(H,31,32)(H,33,35)(H,36,37). The Kier molecular flexibility index (Phi) is 12.2. The third kappa shape index (κ3) is 10.0. The number of methoxy groups -OCH3 is 1. The van der Waals surface area contributed by atoms with Crippen molar-refractivity contribution < 1.29 is 37.0 Å². The van der Waals surface area contributed by atoms with Gasteiger partial charge in [0.2, 0.25) is 5.91 Å². The van der Waals surface area contributed by atoms with E-state index in [0.29, 0.717) is 6.54 Å². The Morgan fingerprint density at radius 1 is 1.24 bits per heavy atom. The van der Waals surface area contributed by atoms with E-state index in [9.17, 15) is 32.3 Å². The zero-order valence-corrected chi connectivity index (χ0v) is 22.4. The number of fused-ring (bicyclic) bond motifs is 1. The van der Waals surface area contributed by atoms with E-state index in [4.69, 9.17) is 4.74 Å². The Labute approximate surface area is 221 Å². The number of rotatable bonds is 16. The van der Waals surface area contributed by atoms with Crippen molar-refractivity contribution in [2.24, 2.45) is 5.41 Å². The molecule has 0 spiro atoms. The highest BCUT2D eigenvalue weighted by Crippen LogP contribution is 2.40. The minimum atomic E-state index is -4.60. The summed E-state index contributed by atoms with van der Waals surface area (Å²) in [6.07, 6.45) is -1.85. The molecule has 8 nitrogen and oxygen atoms in total. The Bertz CT molecular complexity index is 910. The minimum absolute atomic E-state index is 0.0473. The van der Waals surface area contributed by atoms with Crippen LogP contribution >= 0.6 is 0 Å². The molecule has 0 fully saturated rings. The van der Waals surface area contributed by atoms with E-state index in [-0.39, 0.29) is 19.5 Å². The topological polar surface area (TPSA) is 104 Å². The van der Waals surface area contributed by atoms with Crippen LogP contribution in [0.15, 0.2) is 12.1 Å². The van der Waals surface area contributed by atoms with Crippen LogP contribution in [0.4, 0.5) is 23.4 Å². The molecule has 2 atom stereocenters. The molecule has 1 aliphatic rings. The summed E-state index contributed by atoms with van der Waals surface area (Å²) in [6, 6.07) is 2.75. The van der Waals surface area contributed by atoms with Gasteiger partial charge in [0.05, 0.1) is 11.5 Å². The first-order valence-corrected chi connectivity index (χ1v) is 13.0. The van der Waals surface area contributed by atoms with Gasteiger partial charge in [-0.15, -0.1) is 0 Å². The highest BCUT2D eigenvalue weighted by Gasteiger charge is 2.48. The van der Waals surface area contributed by atoms with Crippen molar-refractivity contribution in [3.63, 3.8) is 0 Å². The molecule has 0 saturated carbocycles. The van der Waals surface area contributed by atoms with Crippen molar-refractivity contribution in [3.05, 3.63) is 23.4 Å². The lowest BCUT2D eigenvalue weighted by atomic mass is 9.88. The number of ether oxygens (including phenoxy) is 1. The van der Waals surface area contributed by atoms with E-state index >= 15 is 0 Å². The molecule has 0 aliphatic carbocycles. The lowest BCUT2D eigenvalue weighted by Crippen LogP contribution is -2.46. The van der Waals surface area contributed by atoms with Crippen molar-refractivity contribution in [3.8, 4) is 0 Å². The lowest BCUT2D eigenvalue weighted by molar-refractivity contribution is -0.213. The SMILES string of the molecule is COC(CF)CN(CCCCc1ccc2c(n1)NCCC2)CCC(NC(=O)CC(C)(C)C(F)(F)F)C(=O)O. The molecule has 0 aromatic carbocycles. The molecule has 0 bridgehead atoms. The smallest absolute Gasteiger partial charge is 0.394 e. The van der Waals surface area contributed by atoms with Crippen LogP contribution in [0.2, 0.25) is 0 Å². The average Bonchev–Trinajstić information content (AvgIpc) is 2.85. The Balaban J connectivity index is 1.91. The number of hydrogen-bond acceptors (Lipinski definition) is 6. The van der Waals surface area contributed by atoms with Crippen LogP contribution in [0.1, 0.15) is 57.2 Å². The summed E-state index contributed by atoms with van der Waals surface area (Å²) in [6.45, 7) is 2.92. The Morgan fingerprint density at radius 2 is 1.97 bits per heavy atom. The molecule has 12 heteroatoms. The molecule has 1 aliphatic heterocycles. The molecule has 1 aromatic heterocycles. The molecule has 2 rings (SSSR count). The van der Waals surface area contributed by atoms with E-state index in [2.05, 4.69) is 21.7 Å². The number of aliphatic carboxylic acids is 1. The van der Waals surface area contributed by atoms with Crippen molar-refractivity contribution >= 4 is 17.7 Å². The third-order valence-corrected chi connectivity index (χ3v) is 6.81. The quantitative estimate of drug-likeness (QED) is 0.212. The first-order chi connectivity index (χ1) is 17.9. The zero-order chi connectivity index (χ0) is 28.3. The number of hydrogen-bond donors (Lipinski definition) is 3. The van der Waals surface area contributed by atoms with E-state index in [1.807, 2.05) is 11.0 Å². The number of nitrogens with one attached hydrogen (secondary N) is 2. The fourth-order valence-electron chi connectivity index (χ4n) is 4.23. The van der Waals surface area contributed by atoms with Crippen LogP contribution in [0.3, 0.4) is 0 Å². The monoisotopic (exact) mass is 548 g/mol. The second kappa shape index (κ2) is 14.6. The molecule has 2 unspecified atom stereocenters. The lowest BCUT2D eigenvalue weighted by Gasteiger charge is -2.29. The van der Waals surface area contributed by atoms with Crippen molar-refractivity contribution in [2.75, 3.05) is 45.3 Å². The summed E-state index contributed by atoms with van der Waals surface area (Å²) in [5.74, 6) is -1.40. The van der Waals surface area contributed by atoms with Gasteiger partial charge in [-0.1, -0.05) is 19.9 Å². The first-order valence-electron chi connectivity index (χ1n) is 13.0. The molecule has 1 amide bonds. The first kappa shape index (κ1) is 31.7. The number of carboxylic acid groups (broad SMARTS) is 1. The van der Waals surface area contributed by atoms with Crippen LogP contribution in [0.25, 0.3) is 0 Å². The number of alkyl halides is 4. The van der Waals surface area contributed by atoms with Gasteiger partial charge in [-0.2, -0.15) is 13.2 Å². The third-order valence-electron chi connectivity index (χ3n) is 6.81. The largest absolute Gasteiger partial charge is 0.480 e. The fourth-order valence-corrected chi connectivity index (χ4v) is 4.23. The van der Waals surface area contributed by atoms with Crippen LogP contribution in [0, 0.1) is 5.41 Å². The second-order valence-corrected chi connectivity index (χ2v) is 10.4. The van der Waals surface area contributed by atoms with Gasteiger partial charge in [0.25, 0.3) is 0 Å². The Hall–Kier alpha value is -2.47. The van der Waals surface area contributed by atoms with Crippen LogP contribution in [0.5, 0.6) is 0 Å². The number of aromatic nitrogens is 1. The summed E-state index contributed by atoms with van der Waals surface area (Å²) in [5, 5.41) is 15.1. The van der Waals surface area contributed by atoms with Gasteiger partial charge in [-0.05, 0) is 56.7 Å². The molecular weight excluding hydrogens is 508 g/mol. The molecule has 38 heavy (non-hydrogen) atoms. The number of amides is 1. The molecule has 3 N–H and O–H groups in total. The van der Waals surface area contributed by atoms with Gasteiger partial charge < -0.3 is 25.4 Å². The summed E-state index contributed by atoms with van der Waals surface area (Å²) in [7, 11) is 1.39. The van der Waals surface area contributed by atoms with Gasteiger partial charge in [0.1, 0.15) is 18.5 Å². The number of carbonyl (C=O) groups excluding carboxylic acids is 1. The van der Waals surface area contributed by atoms with Gasteiger partial charge in [-0.3, -0.25) is 4.79 Å². The maximum atomic E-state index is 13.3. The van der Waals surface area contributed by atoms with Gasteiger partial charge >= 0.3 is 12.1 Å². The van der Waals surface area contributed by atoms with Gasteiger partial charge in [0, 0.05) is 38.9 Å². The van der Waals surface area contributed by atoms with E-state index < -0.39 is 48.7 Å². The number of nitrogens with zero attached hydrogens (tertiary/aromatic N) is 2. The number of unbranched alkanes of at least 4 members (excludes halogenated alkanes) is 1. The molecule has 1 aromatic rings. The maximum absolute atomic E-state index is 13.3. The van der Waals surface area contributed by atoms with Crippen LogP contribution in [-0.2, 0) is 27.2 Å². The summed E-state index contributed by atoms with van der Waals surface area (Å²) in [4.78, 5) is 30.5. The molecule has 0 saturated heterocycles. The number of aryl methyl sites for hydroxylation is 2. The van der Waals surface area contributed by atoms with E-state index in [1.165, 1.54) is 12.7 Å². The van der Waals surface area contributed by atoms with Crippen LogP contribution in [-0.4, -0.2) is 85.2 Å². The Morgan fingerprint density at radius 3 is 2.61 bits per heavy atom. The second-order valence-electron chi connectivity index (χ2n) is 10.4. The number of carbonyl (C=O) groups is 2. The maximum Gasteiger partial charge on any atom is 0.394 e. The zero-order valence-electron chi connectivity index (χ0n) is 22.4. The number of pyridine rings is 1. The summed E-state index contributed by atoms with van der Waals surface area (Å²) < 4.78 is 57.8. The van der Waals surface area contributed by atoms with Crippen molar-refractivity contribution in [1.29, 1.82) is 0 Å². The summed E-state index contributed by atoms with van der Waals surface area (Å²) in [5.41, 5.74) is -0.106. The predicted octanol–water partition coefficient (Wildman–Crippen LogP) is 3.99. The predicted molar refractivity (Wildman–Crippen MR) is 136 cm³/mol. The minimum Gasteiger partial charge on any atom is -0.480 e. The molecule has 2 heterocycles. The highest BCUT2D eigenvalue weighted by atomic mass is 19.4. The van der Waals surface area contributed by atoms with Gasteiger partial charge in [0.15, 0.2) is 0 Å². The fraction of sp³-hybridized carbons (Fsp3) is 0.731. The summed E-state index contributed by atoms with van der Waals surface area (Å²) >= 11 is 0. The van der Waals surface area contributed by atoms with Crippen LogP contribution < -0.4 is 10.6 Å². The average molecular weight is 549 g/mol. The molecule has 0 radical (unpaired) electrons. The highest BCUT2D eigenvalue weighted by molar-refractivity contribution is 5.83. The van der Waals surface area contributed by atoms with Crippen molar-refractivity contribution in [1.82, 2.24) is 15.2 Å². The number of anilines is 1. The van der Waals surface area contributed by atoms with E-state index in [0.717, 1.165) is 64.0 Å². The number of carboxylic acids is 1. The van der Waals surface area contributed by atoms with Gasteiger partial charge in [-0.25, -0.2) is 14.2 Å². The van der Waals surface area contributed by atoms with Crippen molar-refractivity contribution in [2.45, 2.75) is 77.1 Å². The normalized spacial score (nSPS) is 15.5. The number of halogens is 4. The molecular formula is C26H40F4N4O4.